The van der Waals surface area contributed by atoms with Crippen molar-refractivity contribution < 1.29 is 4.74 Å². The highest BCUT2D eigenvalue weighted by Crippen LogP contribution is 2.31. The van der Waals surface area contributed by atoms with Crippen LogP contribution in [-0.2, 0) is 0 Å². The SMILES string of the molecule is Cc1ccc(C(C)C)c(Oc2ccc(N)c(N)n2)c1. The zero-order valence-electron chi connectivity index (χ0n) is 11.5. The van der Waals surface area contributed by atoms with Crippen LogP contribution in [0.15, 0.2) is 30.3 Å². The first-order valence-corrected chi connectivity index (χ1v) is 6.27. The Bertz CT molecular complexity index is 594. The van der Waals surface area contributed by atoms with Crippen LogP contribution >= 0.6 is 0 Å². The van der Waals surface area contributed by atoms with E-state index in [0.29, 0.717) is 17.5 Å². The van der Waals surface area contributed by atoms with Crippen LogP contribution in [0.5, 0.6) is 11.6 Å². The average molecular weight is 257 g/mol. The van der Waals surface area contributed by atoms with E-state index in [9.17, 15) is 0 Å². The van der Waals surface area contributed by atoms with Gasteiger partial charge in [0.2, 0.25) is 5.88 Å². The molecule has 0 spiro atoms. The molecular formula is C15H19N3O. The lowest BCUT2D eigenvalue weighted by Gasteiger charge is -2.14. The van der Waals surface area contributed by atoms with Crippen molar-refractivity contribution in [2.24, 2.45) is 0 Å². The van der Waals surface area contributed by atoms with Gasteiger partial charge in [-0.2, -0.15) is 4.98 Å². The summed E-state index contributed by atoms with van der Waals surface area (Å²) in [6, 6.07) is 9.58. The number of hydrogen-bond donors (Lipinski definition) is 2. The van der Waals surface area contributed by atoms with Gasteiger partial charge in [-0.05, 0) is 36.1 Å². The molecule has 0 saturated heterocycles. The first kappa shape index (κ1) is 13.2. The first-order valence-electron chi connectivity index (χ1n) is 6.27. The van der Waals surface area contributed by atoms with Crippen molar-refractivity contribution in [3.63, 3.8) is 0 Å². The van der Waals surface area contributed by atoms with Gasteiger partial charge in [0.05, 0.1) is 5.69 Å². The van der Waals surface area contributed by atoms with Crippen LogP contribution in [0.3, 0.4) is 0 Å². The molecule has 0 atom stereocenters. The second-order valence-corrected chi connectivity index (χ2v) is 4.92. The summed E-state index contributed by atoms with van der Waals surface area (Å²) in [6.45, 7) is 6.28. The Morgan fingerprint density at radius 3 is 2.47 bits per heavy atom. The van der Waals surface area contributed by atoms with Crippen molar-refractivity contribution in [3.05, 3.63) is 41.5 Å². The van der Waals surface area contributed by atoms with Gasteiger partial charge in [-0.3, -0.25) is 0 Å². The lowest BCUT2D eigenvalue weighted by molar-refractivity contribution is 0.455. The topological polar surface area (TPSA) is 74.2 Å². The molecule has 0 amide bonds. The second kappa shape index (κ2) is 5.18. The Labute approximate surface area is 113 Å². The Hall–Kier alpha value is -2.23. The molecule has 0 aliphatic carbocycles. The van der Waals surface area contributed by atoms with E-state index in [1.54, 1.807) is 12.1 Å². The molecule has 0 saturated carbocycles. The maximum atomic E-state index is 5.84. The zero-order valence-corrected chi connectivity index (χ0v) is 11.5. The molecule has 1 aromatic heterocycles. The van der Waals surface area contributed by atoms with E-state index in [1.165, 1.54) is 0 Å². The van der Waals surface area contributed by atoms with Crippen molar-refractivity contribution >= 4 is 11.5 Å². The largest absolute Gasteiger partial charge is 0.439 e. The summed E-state index contributed by atoms with van der Waals surface area (Å²) in [6.07, 6.45) is 0. The normalized spacial score (nSPS) is 10.7. The fourth-order valence-corrected chi connectivity index (χ4v) is 1.84. The Morgan fingerprint density at radius 1 is 1.11 bits per heavy atom. The van der Waals surface area contributed by atoms with Crippen LogP contribution in [-0.4, -0.2) is 4.98 Å². The van der Waals surface area contributed by atoms with E-state index in [1.807, 2.05) is 13.0 Å². The molecule has 19 heavy (non-hydrogen) atoms. The Morgan fingerprint density at radius 2 is 1.84 bits per heavy atom. The Balaban J connectivity index is 2.36. The van der Waals surface area contributed by atoms with Gasteiger partial charge in [0.1, 0.15) is 5.75 Å². The highest BCUT2D eigenvalue weighted by atomic mass is 16.5. The van der Waals surface area contributed by atoms with Gasteiger partial charge in [-0.15, -0.1) is 0 Å². The van der Waals surface area contributed by atoms with E-state index >= 15 is 0 Å². The molecule has 2 aromatic rings. The number of hydrogen-bond acceptors (Lipinski definition) is 4. The van der Waals surface area contributed by atoms with Gasteiger partial charge in [-0.1, -0.05) is 26.0 Å². The molecule has 4 heteroatoms. The van der Waals surface area contributed by atoms with Gasteiger partial charge < -0.3 is 16.2 Å². The smallest absolute Gasteiger partial charge is 0.221 e. The van der Waals surface area contributed by atoms with E-state index in [2.05, 4.69) is 31.0 Å². The summed E-state index contributed by atoms with van der Waals surface area (Å²) in [5.74, 6) is 1.93. The molecular weight excluding hydrogens is 238 g/mol. The fraction of sp³-hybridized carbons (Fsp3) is 0.267. The van der Waals surface area contributed by atoms with Gasteiger partial charge in [0.15, 0.2) is 5.82 Å². The number of nitrogens with two attached hydrogens (primary N) is 2. The van der Waals surface area contributed by atoms with Crippen LogP contribution in [0.4, 0.5) is 11.5 Å². The monoisotopic (exact) mass is 257 g/mol. The van der Waals surface area contributed by atoms with Crippen LogP contribution in [0.2, 0.25) is 0 Å². The predicted molar refractivity (Wildman–Crippen MR) is 78.4 cm³/mol. The van der Waals surface area contributed by atoms with Gasteiger partial charge >= 0.3 is 0 Å². The number of aromatic nitrogens is 1. The molecule has 4 N–H and O–H groups in total. The predicted octanol–water partition coefficient (Wildman–Crippen LogP) is 3.47. The third-order valence-electron chi connectivity index (χ3n) is 2.94. The minimum absolute atomic E-state index is 0.288. The Kier molecular flexibility index (Phi) is 3.60. The molecule has 0 aliphatic rings. The third kappa shape index (κ3) is 2.96. The standard InChI is InChI=1S/C15H19N3O/c1-9(2)11-5-4-10(3)8-13(11)19-14-7-6-12(16)15(17)18-14/h4-9H,16H2,1-3H3,(H2,17,18). The maximum absolute atomic E-state index is 5.84. The highest BCUT2D eigenvalue weighted by Gasteiger charge is 2.10. The number of anilines is 2. The molecule has 0 fully saturated rings. The summed E-state index contributed by atoms with van der Waals surface area (Å²) in [5.41, 5.74) is 14.1. The molecule has 1 heterocycles. The number of ether oxygens (including phenoxy) is 1. The molecule has 4 nitrogen and oxygen atoms in total. The number of pyridine rings is 1. The number of benzene rings is 1. The third-order valence-corrected chi connectivity index (χ3v) is 2.94. The van der Waals surface area contributed by atoms with E-state index in [-0.39, 0.29) is 5.82 Å². The maximum Gasteiger partial charge on any atom is 0.221 e. The highest BCUT2D eigenvalue weighted by molar-refractivity contribution is 5.59. The summed E-state index contributed by atoms with van der Waals surface area (Å²) >= 11 is 0. The van der Waals surface area contributed by atoms with Crippen LogP contribution < -0.4 is 16.2 Å². The summed E-state index contributed by atoms with van der Waals surface area (Å²) in [7, 11) is 0. The lowest BCUT2D eigenvalue weighted by Crippen LogP contribution is -2.00. The molecule has 100 valence electrons. The van der Waals surface area contributed by atoms with E-state index in [4.69, 9.17) is 16.2 Å². The lowest BCUT2D eigenvalue weighted by atomic mass is 10.0. The summed E-state index contributed by atoms with van der Waals surface area (Å²) < 4.78 is 5.84. The van der Waals surface area contributed by atoms with Crippen molar-refractivity contribution in [1.82, 2.24) is 4.98 Å². The number of nitrogens with zero attached hydrogens (tertiary/aromatic N) is 1. The van der Waals surface area contributed by atoms with Gasteiger partial charge in [0.25, 0.3) is 0 Å². The molecule has 0 radical (unpaired) electrons. The molecule has 0 aliphatic heterocycles. The number of aryl methyl sites for hydroxylation is 1. The second-order valence-electron chi connectivity index (χ2n) is 4.92. The minimum Gasteiger partial charge on any atom is -0.439 e. The summed E-state index contributed by atoms with van der Waals surface area (Å²) in [4.78, 5) is 4.13. The molecule has 0 bridgehead atoms. The number of rotatable bonds is 3. The fourth-order valence-electron chi connectivity index (χ4n) is 1.84. The molecule has 1 aromatic carbocycles. The quantitative estimate of drug-likeness (QED) is 0.882. The van der Waals surface area contributed by atoms with Crippen molar-refractivity contribution in [2.75, 3.05) is 11.5 Å². The van der Waals surface area contributed by atoms with Gasteiger partial charge in [0, 0.05) is 6.07 Å². The van der Waals surface area contributed by atoms with Crippen LogP contribution in [0.1, 0.15) is 30.9 Å². The van der Waals surface area contributed by atoms with Crippen molar-refractivity contribution in [3.8, 4) is 11.6 Å². The van der Waals surface area contributed by atoms with Crippen molar-refractivity contribution in [1.29, 1.82) is 0 Å². The van der Waals surface area contributed by atoms with Crippen molar-refractivity contribution in [2.45, 2.75) is 26.7 Å². The first-order chi connectivity index (χ1) is 8.97. The minimum atomic E-state index is 0.288. The van der Waals surface area contributed by atoms with Gasteiger partial charge in [-0.25, -0.2) is 0 Å². The average Bonchev–Trinajstić information content (AvgIpc) is 2.33. The number of nitrogen functional groups attached to an aromatic ring is 2. The molecule has 2 rings (SSSR count). The molecule has 0 unspecified atom stereocenters. The summed E-state index contributed by atoms with van der Waals surface area (Å²) in [5, 5.41) is 0. The van der Waals surface area contributed by atoms with Crippen LogP contribution in [0.25, 0.3) is 0 Å². The van der Waals surface area contributed by atoms with E-state index < -0.39 is 0 Å². The zero-order chi connectivity index (χ0) is 14.0. The van der Waals surface area contributed by atoms with E-state index in [0.717, 1.165) is 16.9 Å². The van der Waals surface area contributed by atoms with Crippen LogP contribution in [0, 0.1) is 6.92 Å².